The molecule has 0 aliphatic carbocycles. The van der Waals surface area contributed by atoms with Gasteiger partial charge in [-0.3, -0.25) is 15.0 Å². The first-order valence-electron chi connectivity index (χ1n) is 27.1. The Morgan fingerprint density at radius 2 is 1.04 bits per heavy atom. The molecule has 0 amide bonds. The van der Waals surface area contributed by atoms with Crippen molar-refractivity contribution in [1.82, 2.24) is 44.0 Å². The van der Waals surface area contributed by atoms with E-state index >= 15 is 0 Å². The molecule has 0 aliphatic heterocycles. The van der Waals surface area contributed by atoms with E-state index in [9.17, 15) is 8.78 Å². The molecule has 4 N–H and O–H groups in total. The summed E-state index contributed by atoms with van der Waals surface area (Å²) < 4.78 is 71.4. The van der Waals surface area contributed by atoms with Gasteiger partial charge in [-0.1, -0.05) is 28.1 Å². The molecule has 0 radical (unpaired) electrons. The van der Waals surface area contributed by atoms with Crippen LogP contribution in [0.4, 0.5) is 26.0 Å². The molecule has 85 heavy (non-hydrogen) atoms. The largest absolute Gasteiger partial charge is 0.491 e. The summed E-state index contributed by atoms with van der Waals surface area (Å²) >= 11 is 10.0. The van der Waals surface area contributed by atoms with E-state index in [0.29, 0.717) is 82.4 Å². The Morgan fingerprint density at radius 3 is 1.61 bits per heavy atom. The van der Waals surface area contributed by atoms with Crippen molar-refractivity contribution in [3.63, 3.8) is 0 Å². The van der Waals surface area contributed by atoms with Crippen LogP contribution in [0, 0.1) is 0 Å². The number of H-pyrrole nitrogens is 1. The molecule has 11 aromatic rings. The lowest BCUT2D eigenvalue weighted by atomic mass is 10.2. The van der Waals surface area contributed by atoms with Gasteiger partial charge < -0.3 is 63.1 Å². The number of pyridine rings is 6. The second-order valence-corrected chi connectivity index (χ2v) is 20.5. The fourth-order valence-electron chi connectivity index (χ4n) is 8.54. The summed E-state index contributed by atoms with van der Waals surface area (Å²) in [4.78, 5) is 29.6. The summed E-state index contributed by atoms with van der Waals surface area (Å²) in [5.41, 5.74) is 12.8. The number of rotatable bonds is 25. The average Bonchev–Trinajstić information content (AvgIpc) is 2.31. The third-order valence-corrected chi connectivity index (χ3v) is 13.5. The maximum Gasteiger partial charge on any atom is 0.143 e. The number of hydrogen-bond donors (Lipinski definition) is 3. The summed E-state index contributed by atoms with van der Waals surface area (Å²) in [7, 11) is 4.99. The van der Waals surface area contributed by atoms with E-state index in [1.807, 2.05) is 85.3 Å². The molecule has 0 aliphatic rings. The molecule has 0 saturated heterocycles. The highest BCUT2D eigenvalue weighted by Crippen LogP contribution is 2.31. The molecule has 2 aromatic carbocycles. The van der Waals surface area contributed by atoms with Gasteiger partial charge in [0.25, 0.3) is 0 Å². The van der Waals surface area contributed by atoms with E-state index in [1.54, 1.807) is 70.3 Å². The normalized spacial score (nSPS) is 11.0. The molecule has 0 atom stereocenters. The van der Waals surface area contributed by atoms with Gasteiger partial charge in [-0.2, -0.15) is 0 Å². The topological polar surface area (TPSA) is 215 Å². The SMILES string of the molecule is Brc1ccc2c(n1)[nH]c1ccncc12.COCCOCCBr.COCCOCCn1c2ccncc2c2ccc(Br)nc21.COCCOCCn1c2ccncc2c2ccc(Nc3cccc(OCCF)c3)nc21.Nc1cccc(OCCF)c1. The van der Waals surface area contributed by atoms with E-state index in [2.05, 4.69) is 98.2 Å². The number of benzene rings is 2. The number of fused-ring (bicyclic) bond motifs is 9. The molecule has 9 aromatic heterocycles. The Hall–Kier alpha value is -7.00. The molecular formula is C61H68Br3F2N11O8. The zero-order chi connectivity index (χ0) is 60.0. The zero-order valence-electron chi connectivity index (χ0n) is 47.4. The summed E-state index contributed by atoms with van der Waals surface area (Å²) in [5.74, 6) is 1.92. The lowest BCUT2D eigenvalue weighted by molar-refractivity contribution is 0.0673. The predicted molar refractivity (Wildman–Crippen MR) is 342 cm³/mol. The number of hydrogen-bond acceptors (Lipinski definition) is 16. The Kier molecular flexibility index (Phi) is 27.8. The number of methoxy groups -OCH3 is 3. The Balaban J connectivity index is 0.000000165. The molecule has 0 saturated carbocycles. The van der Waals surface area contributed by atoms with Crippen molar-refractivity contribution < 1.29 is 46.7 Å². The molecular weight excluding hydrogens is 1290 g/mol. The summed E-state index contributed by atoms with van der Waals surface area (Å²) in [5, 5.41) is 10.7. The van der Waals surface area contributed by atoms with Gasteiger partial charge in [-0.05, 0) is 111 Å². The van der Waals surface area contributed by atoms with E-state index in [1.165, 1.54) is 0 Å². The van der Waals surface area contributed by atoms with Crippen molar-refractivity contribution in [1.29, 1.82) is 0 Å². The number of aromatic nitrogens is 9. The van der Waals surface area contributed by atoms with Crippen LogP contribution in [0.3, 0.4) is 0 Å². The summed E-state index contributed by atoms with van der Waals surface area (Å²) in [6.07, 6.45) is 11.0. The Labute approximate surface area is 516 Å². The predicted octanol–water partition coefficient (Wildman–Crippen LogP) is 12.9. The molecule has 0 unspecified atom stereocenters. The molecule has 11 rings (SSSR count). The average molecular weight is 1360 g/mol. The highest BCUT2D eigenvalue weighted by atomic mass is 79.9. The maximum absolute atomic E-state index is 12.4. The molecule has 0 bridgehead atoms. The number of aromatic amines is 1. The third kappa shape index (κ3) is 19.8. The first-order valence-corrected chi connectivity index (χ1v) is 29.8. The molecule has 24 heteroatoms. The van der Waals surface area contributed by atoms with Crippen LogP contribution in [0.15, 0.2) is 150 Å². The minimum atomic E-state index is -0.523. The van der Waals surface area contributed by atoms with Crippen LogP contribution in [0.1, 0.15) is 0 Å². The molecule has 450 valence electrons. The van der Waals surface area contributed by atoms with Gasteiger partial charge in [-0.25, -0.2) is 23.7 Å². The number of alkyl halides is 3. The minimum Gasteiger partial charge on any atom is -0.491 e. The lowest BCUT2D eigenvalue weighted by Crippen LogP contribution is -2.09. The van der Waals surface area contributed by atoms with Crippen molar-refractivity contribution in [2.75, 3.05) is 124 Å². The number of anilines is 3. The fourth-order valence-corrected chi connectivity index (χ4v) is 9.38. The first kappa shape index (κ1) is 65.5. The van der Waals surface area contributed by atoms with Crippen LogP contribution in [0.2, 0.25) is 0 Å². The van der Waals surface area contributed by atoms with E-state index in [0.717, 1.165) is 99.2 Å². The van der Waals surface area contributed by atoms with Crippen LogP contribution in [0.25, 0.3) is 65.8 Å². The molecule has 9 heterocycles. The lowest BCUT2D eigenvalue weighted by Gasteiger charge is -2.10. The van der Waals surface area contributed by atoms with Crippen LogP contribution < -0.4 is 20.5 Å². The van der Waals surface area contributed by atoms with Crippen molar-refractivity contribution in [3.8, 4) is 11.5 Å². The molecule has 19 nitrogen and oxygen atoms in total. The zero-order valence-corrected chi connectivity index (χ0v) is 52.2. The van der Waals surface area contributed by atoms with Gasteiger partial charge in [0, 0.05) is 133 Å². The second kappa shape index (κ2) is 36.1. The maximum atomic E-state index is 12.4. The quantitative estimate of drug-likeness (QED) is 0.0210. The number of nitrogens with one attached hydrogen (secondary N) is 2. The number of halogens is 5. The smallest absolute Gasteiger partial charge is 0.143 e. The number of nitrogen functional groups attached to an aromatic ring is 1. The summed E-state index contributed by atoms with van der Waals surface area (Å²) in [6, 6.07) is 32.2. The van der Waals surface area contributed by atoms with Gasteiger partial charge in [0.15, 0.2) is 0 Å². The fraction of sp³-hybridized carbons (Fsp3) is 0.311. The van der Waals surface area contributed by atoms with Gasteiger partial charge in [0.1, 0.15) is 70.0 Å². The highest BCUT2D eigenvalue weighted by Gasteiger charge is 2.15. The van der Waals surface area contributed by atoms with Crippen LogP contribution in [0.5, 0.6) is 11.5 Å². The summed E-state index contributed by atoms with van der Waals surface area (Å²) in [6.45, 7) is 6.20. The molecule has 0 spiro atoms. The number of nitrogens with two attached hydrogens (primary N) is 1. The van der Waals surface area contributed by atoms with Crippen molar-refractivity contribution >= 4 is 131 Å². The van der Waals surface area contributed by atoms with Gasteiger partial charge in [0.05, 0.1) is 76.0 Å². The highest BCUT2D eigenvalue weighted by molar-refractivity contribution is 9.10. The van der Waals surface area contributed by atoms with Crippen molar-refractivity contribution in [3.05, 3.63) is 150 Å². The van der Waals surface area contributed by atoms with E-state index < -0.39 is 13.3 Å². The number of nitrogens with zero attached hydrogens (tertiary/aromatic N) is 8. The number of ether oxygens (including phenoxy) is 8. The third-order valence-electron chi connectivity index (χ3n) is 12.3. The van der Waals surface area contributed by atoms with Gasteiger partial charge in [0.2, 0.25) is 0 Å². The monoisotopic (exact) mass is 1360 g/mol. The van der Waals surface area contributed by atoms with Gasteiger partial charge in [-0.15, -0.1) is 0 Å². The van der Waals surface area contributed by atoms with Crippen molar-refractivity contribution in [2.45, 2.75) is 13.1 Å². The first-order chi connectivity index (χ1) is 41.7. The van der Waals surface area contributed by atoms with Crippen molar-refractivity contribution in [2.24, 2.45) is 0 Å². The van der Waals surface area contributed by atoms with Gasteiger partial charge >= 0.3 is 0 Å². The minimum absolute atomic E-state index is 0.0360. The van der Waals surface area contributed by atoms with E-state index in [4.69, 9.17) is 48.6 Å². The van der Waals surface area contributed by atoms with Crippen LogP contribution >= 0.6 is 47.8 Å². The molecule has 0 fully saturated rings. The Bertz CT molecular complexity index is 3760. The van der Waals surface area contributed by atoms with E-state index in [-0.39, 0.29) is 13.2 Å². The van der Waals surface area contributed by atoms with Crippen LogP contribution in [-0.2, 0) is 41.5 Å². The standard InChI is InChI=1S/C23H25FN4O3.C15H16BrN3O2.C10H6BrN3.C8H10FNO.C5H11BrO2/c1-29-13-14-30-12-10-28-21-7-9-25-16-20(21)19-5-6-22(27-23(19)28)26-17-3-2-4-18(15-17)31-11-8-24;1-20-8-9-21-7-6-19-13-4-5-17-10-12(13)11-2-3-14(16)18-15(11)19;11-9-2-1-6-7-5-12-4-3-8(7)13-10(6)14-9;9-4-5-11-8-3-1-2-7(10)6-8;1-7-4-5-8-3-2-6/h2-7,9,15-16H,8,10-14H2,1H3,(H,26,27);2-5,10H,6-9H2,1H3;1-5H,(H,13,14);1-3,6H,4-5,10H2;2-5H2,1H3. The van der Waals surface area contributed by atoms with Crippen LogP contribution in [-0.4, -0.2) is 157 Å². The second-order valence-electron chi connectivity index (χ2n) is 18.0. The Morgan fingerprint density at radius 1 is 0.518 bits per heavy atom.